The Labute approximate surface area is 123 Å². The van der Waals surface area contributed by atoms with Gasteiger partial charge in [0.2, 0.25) is 0 Å². The molecule has 1 aromatic heterocycles. The first-order valence-corrected chi connectivity index (χ1v) is 7.72. The van der Waals surface area contributed by atoms with Gasteiger partial charge >= 0.3 is 0 Å². The Kier molecular flexibility index (Phi) is 5.60. The lowest BCUT2D eigenvalue weighted by atomic mass is 10.2. The highest BCUT2D eigenvalue weighted by Crippen LogP contribution is 2.20. The van der Waals surface area contributed by atoms with E-state index in [1.165, 1.54) is 11.3 Å². The lowest BCUT2D eigenvalue weighted by Crippen LogP contribution is -2.37. The molecule has 1 aliphatic rings. The molecule has 1 aliphatic heterocycles. The van der Waals surface area contributed by atoms with Crippen molar-refractivity contribution in [2.24, 2.45) is 0 Å². The first-order chi connectivity index (χ1) is 9.76. The number of hydrogen-bond acceptors (Lipinski definition) is 4. The van der Waals surface area contributed by atoms with Gasteiger partial charge in [0.25, 0.3) is 5.91 Å². The maximum Gasteiger partial charge on any atom is 0.265 e. The van der Waals surface area contributed by atoms with Crippen molar-refractivity contribution in [3.8, 4) is 11.8 Å². The van der Waals surface area contributed by atoms with Gasteiger partial charge in [0, 0.05) is 25.3 Å². The van der Waals surface area contributed by atoms with Crippen LogP contribution in [0.4, 0.5) is 0 Å². The van der Waals surface area contributed by atoms with E-state index in [4.69, 9.17) is 9.84 Å². The Morgan fingerprint density at radius 3 is 3.15 bits per heavy atom. The second-order valence-electron chi connectivity index (χ2n) is 4.60. The van der Waals surface area contributed by atoms with Crippen LogP contribution in [0.1, 0.15) is 35.0 Å². The summed E-state index contributed by atoms with van der Waals surface area (Å²) in [5.74, 6) is 5.42. The molecule has 0 aromatic carbocycles. The van der Waals surface area contributed by atoms with Crippen LogP contribution in [0.15, 0.2) is 11.4 Å². The number of aliphatic hydroxyl groups excluding tert-OH is 1. The van der Waals surface area contributed by atoms with Gasteiger partial charge in [-0.15, -0.1) is 11.3 Å². The van der Waals surface area contributed by atoms with Crippen LogP contribution >= 0.6 is 11.3 Å². The molecule has 1 amide bonds. The first-order valence-electron chi connectivity index (χ1n) is 6.84. The van der Waals surface area contributed by atoms with E-state index >= 15 is 0 Å². The molecular formula is C15H19NO3S. The van der Waals surface area contributed by atoms with Gasteiger partial charge in [-0.25, -0.2) is 0 Å². The summed E-state index contributed by atoms with van der Waals surface area (Å²) in [6.45, 7) is 3.86. The number of likely N-dealkylation sites (N-methyl/N-ethyl adjacent to an activating group) is 1. The van der Waals surface area contributed by atoms with E-state index in [0.29, 0.717) is 23.5 Å². The molecule has 2 heterocycles. The molecule has 0 aliphatic carbocycles. The van der Waals surface area contributed by atoms with Crippen molar-refractivity contribution in [2.75, 3.05) is 26.3 Å². The maximum absolute atomic E-state index is 12.6. The number of hydrogen-bond donors (Lipinski definition) is 1. The molecule has 1 fully saturated rings. The fraction of sp³-hybridized carbons (Fsp3) is 0.533. The van der Waals surface area contributed by atoms with Crippen LogP contribution in [0.5, 0.6) is 0 Å². The van der Waals surface area contributed by atoms with Crippen LogP contribution in [-0.4, -0.2) is 48.3 Å². The number of ether oxygens (including phenoxy) is 1. The van der Waals surface area contributed by atoms with Crippen molar-refractivity contribution in [2.45, 2.75) is 25.9 Å². The van der Waals surface area contributed by atoms with Gasteiger partial charge in [0.15, 0.2) is 0 Å². The topological polar surface area (TPSA) is 49.8 Å². The predicted molar refractivity (Wildman–Crippen MR) is 78.8 cm³/mol. The van der Waals surface area contributed by atoms with E-state index < -0.39 is 0 Å². The third-order valence-electron chi connectivity index (χ3n) is 3.28. The minimum Gasteiger partial charge on any atom is -0.384 e. The highest BCUT2D eigenvalue weighted by molar-refractivity contribution is 7.12. The van der Waals surface area contributed by atoms with Crippen LogP contribution in [0, 0.1) is 11.8 Å². The van der Waals surface area contributed by atoms with Gasteiger partial charge < -0.3 is 14.7 Å². The second-order valence-corrected chi connectivity index (χ2v) is 5.52. The Balaban J connectivity index is 2.09. The van der Waals surface area contributed by atoms with Gasteiger partial charge in [-0.1, -0.05) is 11.8 Å². The largest absolute Gasteiger partial charge is 0.384 e. The van der Waals surface area contributed by atoms with E-state index in [0.717, 1.165) is 19.4 Å². The van der Waals surface area contributed by atoms with Crippen molar-refractivity contribution < 1.29 is 14.6 Å². The second kappa shape index (κ2) is 7.44. The minimum atomic E-state index is -0.198. The monoisotopic (exact) mass is 293 g/mol. The number of thiophene rings is 1. The summed E-state index contributed by atoms with van der Waals surface area (Å²) >= 11 is 1.39. The van der Waals surface area contributed by atoms with E-state index in [1.807, 2.05) is 23.3 Å². The Morgan fingerprint density at radius 1 is 1.65 bits per heavy atom. The number of aliphatic hydroxyl groups is 1. The summed E-state index contributed by atoms with van der Waals surface area (Å²) in [6.07, 6.45) is 2.25. The predicted octanol–water partition coefficient (Wildman–Crippen LogP) is 1.73. The maximum atomic E-state index is 12.6. The van der Waals surface area contributed by atoms with E-state index in [9.17, 15) is 4.79 Å². The summed E-state index contributed by atoms with van der Waals surface area (Å²) in [4.78, 5) is 15.0. The van der Waals surface area contributed by atoms with Crippen molar-refractivity contribution in [1.82, 2.24) is 4.90 Å². The molecule has 0 bridgehead atoms. The van der Waals surface area contributed by atoms with E-state index in [1.54, 1.807) is 0 Å². The van der Waals surface area contributed by atoms with Crippen molar-refractivity contribution >= 4 is 17.2 Å². The van der Waals surface area contributed by atoms with Crippen LogP contribution in [0.2, 0.25) is 0 Å². The number of nitrogens with zero attached hydrogens (tertiary/aromatic N) is 1. The number of amides is 1. The molecule has 20 heavy (non-hydrogen) atoms. The zero-order valence-electron chi connectivity index (χ0n) is 11.6. The van der Waals surface area contributed by atoms with Gasteiger partial charge in [-0.2, -0.15) is 0 Å². The Bertz CT molecular complexity index is 509. The fourth-order valence-corrected chi connectivity index (χ4v) is 3.06. The van der Waals surface area contributed by atoms with Crippen molar-refractivity contribution in [1.29, 1.82) is 0 Å². The smallest absolute Gasteiger partial charge is 0.265 e. The summed E-state index contributed by atoms with van der Waals surface area (Å²) < 4.78 is 5.60. The molecule has 1 aromatic rings. The molecule has 5 heteroatoms. The molecule has 1 unspecified atom stereocenters. The molecule has 108 valence electrons. The average Bonchev–Trinajstić information content (AvgIpc) is 3.12. The van der Waals surface area contributed by atoms with Crippen LogP contribution in [0.3, 0.4) is 0 Å². The molecule has 1 atom stereocenters. The molecule has 2 rings (SSSR count). The van der Waals surface area contributed by atoms with E-state index in [2.05, 4.69) is 11.8 Å². The zero-order chi connectivity index (χ0) is 14.4. The van der Waals surface area contributed by atoms with Crippen molar-refractivity contribution in [3.63, 3.8) is 0 Å². The summed E-state index contributed by atoms with van der Waals surface area (Å²) in [5.41, 5.74) is 0.694. The molecule has 0 radical (unpaired) electrons. The third kappa shape index (κ3) is 3.60. The summed E-state index contributed by atoms with van der Waals surface area (Å²) in [5, 5.41) is 10.6. The molecule has 4 nitrogen and oxygen atoms in total. The molecular weight excluding hydrogens is 274 g/mol. The van der Waals surface area contributed by atoms with Crippen LogP contribution in [0.25, 0.3) is 0 Å². The summed E-state index contributed by atoms with van der Waals surface area (Å²) in [7, 11) is 0. The van der Waals surface area contributed by atoms with Crippen LogP contribution in [-0.2, 0) is 4.74 Å². The highest BCUT2D eigenvalue weighted by atomic mass is 32.1. The number of rotatable bonds is 4. The summed E-state index contributed by atoms with van der Waals surface area (Å²) in [6, 6.07) is 1.82. The zero-order valence-corrected chi connectivity index (χ0v) is 12.4. The number of carbonyl (C=O) groups excluding carboxylic acids is 1. The number of carbonyl (C=O) groups is 1. The highest BCUT2D eigenvalue weighted by Gasteiger charge is 2.24. The molecule has 0 saturated carbocycles. The molecule has 1 saturated heterocycles. The van der Waals surface area contributed by atoms with E-state index in [-0.39, 0.29) is 18.6 Å². The van der Waals surface area contributed by atoms with Crippen molar-refractivity contribution in [3.05, 3.63) is 21.9 Å². The first kappa shape index (κ1) is 15.0. The van der Waals surface area contributed by atoms with Gasteiger partial charge in [-0.3, -0.25) is 4.79 Å². The van der Waals surface area contributed by atoms with Gasteiger partial charge in [-0.05, 0) is 31.2 Å². The van der Waals surface area contributed by atoms with Gasteiger partial charge in [0.1, 0.15) is 11.5 Å². The third-order valence-corrected chi connectivity index (χ3v) is 4.18. The average molecular weight is 293 g/mol. The normalized spacial score (nSPS) is 17.6. The standard InChI is InChI=1S/C15H19NO3S/c1-2-16(11-13-6-4-9-19-13)15(18)14-12(5-3-8-17)7-10-20-14/h7,10,13,17H,2,4,6,8-9,11H2,1H3. The fourth-order valence-electron chi connectivity index (χ4n) is 2.24. The lowest BCUT2D eigenvalue weighted by molar-refractivity contribution is 0.0542. The lowest BCUT2D eigenvalue weighted by Gasteiger charge is -2.23. The Hall–Kier alpha value is -1.35. The quantitative estimate of drug-likeness (QED) is 0.860. The molecule has 0 spiro atoms. The van der Waals surface area contributed by atoms with Gasteiger partial charge in [0.05, 0.1) is 6.10 Å². The van der Waals surface area contributed by atoms with Crippen LogP contribution < -0.4 is 0 Å². The molecule has 1 N–H and O–H groups in total. The minimum absolute atomic E-state index is 0.000222. The SMILES string of the molecule is CCN(CC1CCCO1)C(=O)c1sccc1C#CCO. The Morgan fingerprint density at radius 2 is 2.50 bits per heavy atom.